The number of hydrogen-bond donors (Lipinski definition) is 1. The molecule has 1 saturated heterocycles. The molecule has 0 aromatic carbocycles. The predicted molar refractivity (Wildman–Crippen MR) is 137 cm³/mol. The van der Waals surface area contributed by atoms with Gasteiger partial charge in [-0.1, -0.05) is 71.4 Å². The molecule has 1 N–H and O–H groups in total. The van der Waals surface area contributed by atoms with Crippen LogP contribution in [-0.4, -0.2) is 30.0 Å². The quantitative estimate of drug-likeness (QED) is 0.339. The maximum Gasteiger partial charge on any atom is 0.251 e. The van der Waals surface area contributed by atoms with E-state index >= 15 is 0 Å². The number of amides is 1. The molecule has 2 heterocycles. The topological polar surface area (TPSA) is 45.2 Å². The van der Waals surface area contributed by atoms with Crippen LogP contribution >= 0.6 is 27.5 Å². The molecule has 0 aliphatic carbocycles. The monoisotopic (exact) mass is 499 g/mol. The molecule has 6 heteroatoms. The third-order valence-electron chi connectivity index (χ3n) is 4.08. The number of aromatic nitrogens is 1. The van der Waals surface area contributed by atoms with E-state index < -0.39 is 0 Å². The zero-order valence-corrected chi connectivity index (χ0v) is 22.4. The Morgan fingerprint density at radius 2 is 1.73 bits per heavy atom. The van der Waals surface area contributed by atoms with E-state index in [0.717, 1.165) is 21.4 Å². The molecule has 1 aromatic rings. The van der Waals surface area contributed by atoms with Crippen LogP contribution in [0.1, 0.15) is 62.3 Å². The standard InChI is InChI=1S/C18H21BrClN3O.3C2H6/c1-5-11(2)12(3)8-13(4)18(24)22-14-9-23(10-14)17-16(20)15(19)6-7-21-17;3*1-2/h5-8,14H,4,9-10H2,1-3H3,(H,22,24);3*1-2H3/b11-5-,12-8+;;;. The second-order valence-corrected chi connectivity index (χ2v) is 7.06. The molecule has 170 valence electrons. The lowest BCUT2D eigenvalue weighted by Crippen LogP contribution is -2.59. The van der Waals surface area contributed by atoms with Gasteiger partial charge in [0.05, 0.1) is 11.1 Å². The van der Waals surface area contributed by atoms with Gasteiger partial charge in [0.2, 0.25) is 0 Å². The molecule has 1 fully saturated rings. The normalized spacial score (nSPS) is 13.4. The van der Waals surface area contributed by atoms with Gasteiger partial charge < -0.3 is 10.2 Å². The van der Waals surface area contributed by atoms with Gasteiger partial charge in [0.25, 0.3) is 5.91 Å². The summed E-state index contributed by atoms with van der Waals surface area (Å²) in [6, 6.07) is 1.87. The Balaban J connectivity index is 0. The summed E-state index contributed by atoms with van der Waals surface area (Å²) < 4.78 is 0.815. The first-order valence-corrected chi connectivity index (χ1v) is 11.9. The molecule has 0 atom stereocenters. The average Bonchev–Trinajstić information content (AvgIpc) is 2.76. The SMILES string of the molecule is C=C(/C=C(C)/C(C)=C\C)C(=O)NC1CN(c2nccc(Br)c2Cl)C1.CC.CC.CC. The van der Waals surface area contributed by atoms with E-state index in [0.29, 0.717) is 23.7 Å². The molecule has 0 unspecified atom stereocenters. The first-order valence-electron chi connectivity index (χ1n) is 10.7. The van der Waals surface area contributed by atoms with Gasteiger partial charge in [0.15, 0.2) is 0 Å². The minimum Gasteiger partial charge on any atom is -0.351 e. The zero-order valence-electron chi connectivity index (χ0n) is 20.1. The highest BCUT2D eigenvalue weighted by Gasteiger charge is 2.30. The molecule has 1 aliphatic heterocycles. The van der Waals surface area contributed by atoms with E-state index in [2.05, 4.69) is 32.8 Å². The number of nitrogens with one attached hydrogen (secondary N) is 1. The Bertz CT molecular complexity index is 723. The minimum absolute atomic E-state index is 0.0719. The van der Waals surface area contributed by atoms with Gasteiger partial charge in [-0.3, -0.25) is 4.79 Å². The average molecular weight is 501 g/mol. The van der Waals surface area contributed by atoms with Crippen molar-refractivity contribution in [2.24, 2.45) is 0 Å². The number of carbonyl (C=O) groups is 1. The van der Waals surface area contributed by atoms with Crippen LogP contribution in [0, 0.1) is 0 Å². The fourth-order valence-corrected chi connectivity index (χ4v) is 2.85. The second kappa shape index (κ2) is 17.1. The fourth-order valence-electron chi connectivity index (χ4n) is 2.32. The largest absolute Gasteiger partial charge is 0.351 e. The van der Waals surface area contributed by atoms with E-state index in [1.54, 1.807) is 12.3 Å². The number of anilines is 1. The van der Waals surface area contributed by atoms with E-state index in [-0.39, 0.29) is 11.9 Å². The highest BCUT2D eigenvalue weighted by atomic mass is 79.9. The smallest absolute Gasteiger partial charge is 0.251 e. The summed E-state index contributed by atoms with van der Waals surface area (Å²) in [5.41, 5.74) is 2.64. The van der Waals surface area contributed by atoms with Crippen molar-refractivity contribution >= 4 is 39.3 Å². The first-order chi connectivity index (χ1) is 14.3. The molecule has 0 radical (unpaired) electrons. The Morgan fingerprint density at radius 3 is 2.23 bits per heavy atom. The van der Waals surface area contributed by atoms with Crippen molar-refractivity contribution < 1.29 is 4.79 Å². The van der Waals surface area contributed by atoms with Crippen molar-refractivity contribution in [1.29, 1.82) is 0 Å². The number of allylic oxidation sites excluding steroid dienone is 3. The van der Waals surface area contributed by atoms with Crippen LogP contribution in [0.5, 0.6) is 0 Å². The number of halogens is 2. The maximum atomic E-state index is 12.2. The van der Waals surface area contributed by atoms with Crippen LogP contribution in [0.3, 0.4) is 0 Å². The summed E-state index contributed by atoms with van der Waals surface area (Å²) in [4.78, 5) is 18.5. The zero-order chi connectivity index (χ0) is 23.9. The Morgan fingerprint density at radius 1 is 1.20 bits per heavy atom. The highest BCUT2D eigenvalue weighted by molar-refractivity contribution is 9.10. The van der Waals surface area contributed by atoms with Gasteiger partial charge in [-0.05, 0) is 54.4 Å². The molecule has 4 nitrogen and oxygen atoms in total. The van der Waals surface area contributed by atoms with Crippen LogP contribution in [0.4, 0.5) is 5.82 Å². The van der Waals surface area contributed by atoms with E-state index in [1.807, 2.05) is 79.4 Å². The summed E-state index contributed by atoms with van der Waals surface area (Å²) in [6.07, 6.45) is 5.53. The van der Waals surface area contributed by atoms with Gasteiger partial charge in [-0.25, -0.2) is 4.98 Å². The summed E-state index contributed by atoms with van der Waals surface area (Å²) >= 11 is 9.63. The number of pyridine rings is 1. The Hall–Kier alpha value is -1.59. The van der Waals surface area contributed by atoms with Crippen molar-refractivity contribution in [2.75, 3.05) is 18.0 Å². The molecule has 1 aromatic heterocycles. The Kier molecular flexibility index (Phi) is 17.5. The van der Waals surface area contributed by atoms with Crippen LogP contribution in [0.15, 0.2) is 52.2 Å². The van der Waals surface area contributed by atoms with Gasteiger partial charge in [0, 0.05) is 29.3 Å². The molecule has 1 amide bonds. The van der Waals surface area contributed by atoms with Gasteiger partial charge in [0.1, 0.15) is 5.82 Å². The van der Waals surface area contributed by atoms with Crippen LogP contribution in [-0.2, 0) is 4.79 Å². The number of nitrogens with zero attached hydrogens (tertiary/aromatic N) is 2. The summed E-state index contributed by atoms with van der Waals surface area (Å²) in [7, 11) is 0. The lowest BCUT2D eigenvalue weighted by Gasteiger charge is -2.40. The van der Waals surface area contributed by atoms with Crippen molar-refractivity contribution in [3.05, 3.63) is 57.2 Å². The van der Waals surface area contributed by atoms with Crippen molar-refractivity contribution in [1.82, 2.24) is 10.3 Å². The predicted octanol–water partition coefficient (Wildman–Crippen LogP) is 7.35. The third-order valence-corrected chi connectivity index (χ3v) is 5.34. The maximum absolute atomic E-state index is 12.2. The van der Waals surface area contributed by atoms with Crippen LogP contribution in [0.2, 0.25) is 5.02 Å². The highest BCUT2D eigenvalue weighted by Crippen LogP contribution is 2.32. The number of rotatable bonds is 5. The number of hydrogen-bond acceptors (Lipinski definition) is 3. The van der Waals surface area contributed by atoms with Crippen molar-refractivity contribution in [3.63, 3.8) is 0 Å². The second-order valence-electron chi connectivity index (χ2n) is 5.83. The Labute approximate surface area is 197 Å². The molecule has 1 aliphatic rings. The van der Waals surface area contributed by atoms with Crippen molar-refractivity contribution in [2.45, 2.75) is 68.4 Å². The molecular weight excluding hydrogens is 462 g/mol. The lowest BCUT2D eigenvalue weighted by molar-refractivity contribution is -0.118. The van der Waals surface area contributed by atoms with E-state index in [1.165, 1.54) is 0 Å². The van der Waals surface area contributed by atoms with E-state index in [4.69, 9.17) is 11.6 Å². The van der Waals surface area contributed by atoms with Crippen molar-refractivity contribution in [3.8, 4) is 0 Å². The molecule has 30 heavy (non-hydrogen) atoms. The molecule has 0 saturated carbocycles. The van der Waals surface area contributed by atoms with Crippen LogP contribution in [0.25, 0.3) is 0 Å². The summed E-state index contributed by atoms with van der Waals surface area (Å²) in [6.45, 7) is 23.2. The molecule has 0 bridgehead atoms. The minimum atomic E-state index is -0.142. The molecular formula is C24H39BrClN3O. The summed E-state index contributed by atoms with van der Waals surface area (Å²) in [5.74, 6) is 0.589. The van der Waals surface area contributed by atoms with Gasteiger partial charge in [-0.2, -0.15) is 0 Å². The lowest BCUT2D eigenvalue weighted by atomic mass is 10.1. The van der Waals surface area contributed by atoms with Gasteiger partial charge in [-0.15, -0.1) is 0 Å². The first kappa shape index (κ1) is 30.6. The van der Waals surface area contributed by atoms with E-state index in [9.17, 15) is 4.79 Å². The fraction of sp³-hybridized carbons (Fsp3) is 0.500. The summed E-state index contributed by atoms with van der Waals surface area (Å²) in [5, 5.41) is 3.58. The third kappa shape index (κ3) is 9.48. The molecule has 0 spiro atoms. The molecule has 2 rings (SSSR count). The van der Waals surface area contributed by atoms with Gasteiger partial charge >= 0.3 is 0 Å². The number of carbonyl (C=O) groups excluding carboxylic acids is 1. The van der Waals surface area contributed by atoms with Crippen LogP contribution < -0.4 is 10.2 Å².